The minimum Gasteiger partial charge on any atom is -0.487 e. The number of ketones is 1. The number of nitrogens with zero attached hydrogens (tertiary/aromatic N) is 2. The van der Waals surface area contributed by atoms with Gasteiger partial charge in [0.25, 0.3) is 0 Å². The highest BCUT2D eigenvalue weighted by Crippen LogP contribution is 2.17. The van der Waals surface area contributed by atoms with Gasteiger partial charge in [0.15, 0.2) is 12.4 Å². The molecule has 0 aliphatic heterocycles. The second-order valence-electron chi connectivity index (χ2n) is 6.05. The Kier molecular flexibility index (Phi) is 5.07. The van der Waals surface area contributed by atoms with Gasteiger partial charge in [-0.1, -0.05) is 24.3 Å². The molecule has 1 N–H and O–H groups in total. The summed E-state index contributed by atoms with van der Waals surface area (Å²) >= 11 is 1.46. The highest BCUT2D eigenvalue weighted by atomic mass is 32.1. The van der Waals surface area contributed by atoms with Crippen molar-refractivity contribution in [1.82, 2.24) is 10.2 Å². The van der Waals surface area contributed by atoms with E-state index in [2.05, 4.69) is 10.2 Å². The molecule has 3 heterocycles. The van der Waals surface area contributed by atoms with Crippen LogP contribution in [0.5, 0.6) is 5.75 Å². The third kappa shape index (κ3) is 4.30. The topological polar surface area (TPSA) is 58.9 Å². The van der Waals surface area contributed by atoms with Gasteiger partial charge in [-0.25, -0.2) is 0 Å². The van der Waals surface area contributed by atoms with Gasteiger partial charge in [0, 0.05) is 6.07 Å². The molecular weight excluding hydrogens is 358 g/mol. The molecule has 6 heteroatoms. The van der Waals surface area contributed by atoms with Gasteiger partial charge < -0.3 is 4.74 Å². The number of hydrogen-bond acceptors (Lipinski definition) is 4. The summed E-state index contributed by atoms with van der Waals surface area (Å²) in [6.45, 7) is 0.726. The normalized spacial score (nSPS) is 10.7. The number of para-hydroxylation sites is 1. The number of rotatable bonds is 7. The van der Waals surface area contributed by atoms with Crippen molar-refractivity contribution in [1.29, 1.82) is 0 Å². The Balaban J connectivity index is 1.44. The lowest BCUT2D eigenvalue weighted by molar-refractivity contribution is -0.682. The van der Waals surface area contributed by atoms with Crippen LogP contribution in [0.4, 0.5) is 0 Å². The molecule has 3 aromatic heterocycles. The SMILES string of the molecule is O=C(C[n+]1cccc(-c2cc(COc3ccccc3)[nH]n2)c1)c1cccs1. The van der Waals surface area contributed by atoms with Gasteiger partial charge in [-0.3, -0.25) is 9.89 Å². The summed E-state index contributed by atoms with van der Waals surface area (Å²) in [6.07, 6.45) is 3.82. The molecule has 0 unspecified atom stereocenters. The van der Waals surface area contributed by atoms with Gasteiger partial charge in [0.05, 0.1) is 21.8 Å². The summed E-state index contributed by atoms with van der Waals surface area (Å²) in [5.74, 6) is 0.921. The van der Waals surface area contributed by atoms with E-state index in [1.807, 2.05) is 83.0 Å². The second kappa shape index (κ2) is 7.97. The average molecular weight is 376 g/mol. The number of ether oxygens (including phenoxy) is 1. The van der Waals surface area contributed by atoms with Crippen molar-refractivity contribution in [3.05, 3.63) is 89.0 Å². The van der Waals surface area contributed by atoms with Crippen LogP contribution >= 0.6 is 11.3 Å². The first-order valence-corrected chi connectivity index (χ1v) is 9.44. The highest BCUT2D eigenvalue weighted by molar-refractivity contribution is 7.12. The van der Waals surface area contributed by atoms with E-state index in [9.17, 15) is 4.79 Å². The van der Waals surface area contributed by atoms with E-state index < -0.39 is 0 Å². The maximum Gasteiger partial charge on any atom is 0.237 e. The summed E-state index contributed by atoms with van der Waals surface area (Å²) in [4.78, 5) is 13.1. The molecule has 1 aromatic carbocycles. The Morgan fingerprint density at radius 1 is 1.11 bits per heavy atom. The van der Waals surface area contributed by atoms with Crippen LogP contribution in [-0.2, 0) is 13.2 Å². The van der Waals surface area contributed by atoms with Crippen molar-refractivity contribution in [2.75, 3.05) is 0 Å². The first-order valence-electron chi connectivity index (χ1n) is 8.56. The van der Waals surface area contributed by atoms with E-state index in [0.29, 0.717) is 13.2 Å². The molecule has 0 spiro atoms. The monoisotopic (exact) mass is 376 g/mol. The van der Waals surface area contributed by atoms with Crippen LogP contribution in [0.25, 0.3) is 11.3 Å². The minimum absolute atomic E-state index is 0.103. The maximum atomic E-state index is 12.3. The molecule has 0 atom stereocenters. The predicted octanol–water partition coefficient (Wildman–Crippen LogP) is 3.89. The van der Waals surface area contributed by atoms with Gasteiger partial charge in [0.2, 0.25) is 12.3 Å². The molecule has 4 rings (SSSR count). The number of nitrogens with one attached hydrogen (secondary N) is 1. The second-order valence-corrected chi connectivity index (χ2v) is 6.99. The Morgan fingerprint density at radius 3 is 2.81 bits per heavy atom. The molecular formula is C21H18N3O2S+. The largest absolute Gasteiger partial charge is 0.487 e. The molecule has 0 radical (unpaired) electrons. The van der Waals surface area contributed by atoms with E-state index in [4.69, 9.17) is 4.74 Å². The van der Waals surface area contributed by atoms with Crippen LogP contribution in [0.3, 0.4) is 0 Å². The van der Waals surface area contributed by atoms with Crippen LogP contribution in [0.2, 0.25) is 0 Å². The zero-order chi connectivity index (χ0) is 18.5. The molecule has 0 saturated carbocycles. The minimum atomic E-state index is 0.103. The van der Waals surface area contributed by atoms with Crippen LogP contribution in [0.15, 0.2) is 78.4 Å². The number of carbonyl (C=O) groups is 1. The Labute approximate surface area is 160 Å². The van der Waals surface area contributed by atoms with E-state index in [1.165, 1.54) is 11.3 Å². The smallest absolute Gasteiger partial charge is 0.237 e. The van der Waals surface area contributed by atoms with Gasteiger partial charge in [0.1, 0.15) is 12.4 Å². The van der Waals surface area contributed by atoms with Crippen molar-refractivity contribution in [2.45, 2.75) is 13.2 Å². The summed E-state index contributed by atoms with van der Waals surface area (Å²) in [5, 5.41) is 9.29. The van der Waals surface area contributed by atoms with E-state index in [0.717, 1.165) is 27.6 Å². The lowest BCUT2D eigenvalue weighted by Gasteiger charge is -2.02. The molecule has 0 amide bonds. The summed E-state index contributed by atoms with van der Waals surface area (Å²) in [5.41, 5.74) is 2.65. The number of benzene rings is 1. The number of hydrogen-bond donors (Lipinski definition) is 1. The number of H-pyrrole nitrogens is 1. The quantitative estimate of drug-likeness (QED) is 0.393. The zero-order valence-corrected chi connectivity index (χ0v) is 15.4. The van der Waals surface area contributed by atoms with E-state index in [-0.39, 0.29) is 5.78 Å². The fourth-order valence-electron chi connectivity index (χ4n) is 2.71. The maximum absolute atomic E-state index is 12.3. The molecule has 0 aliphatic carbocycles. The number of pyridine rings is 1. The van der Waals surface area contributed by atoms with Crippen molar-refractivity contribution in [3.8, 4) is 17.0 Å². The van der Waals surface area contributed by atoms with Crippen molar-refractivity contribution >= 4 is 17.1 Å². The fourth-order valence-corrected chi connectivity index (χ4v) is 3.37. The third-order valence-electron chi connectivity index (χ3n) is 4.04. The summed E-state index contributed by atoms with van der Waals surface area (Å²) < 4.78 is 7.62. The van der Waals surface area contributed by atoms with Crippen molar-refractivity contribution in [3.63, 3.8) is 0 Å². The van der Waals surface area contributed by atoms with Crippen LogP contribution < -0.4 is 9.30 Å². The summed E-state index contributed by atoms with van der Waals surface area (Å²) in [7, 11) is 0. The Bertz CT molecular complexity index is 1030. The predicted molar refractivity (Wildman–Crippen MR) is 104 cm³/mol. The van der Waals surface area contributed by atoms with Gasteiger partial charge in [-0.05, 0) is 35.7 Å². The van der Waals surface area contributed by atoms with Crippen LogP contribution in [-0.4, -0.2) is 16.0 Å². The average Bonchev–Trinajstić information content (AvgIpc) is 3.40. The molecule has 27 heavy (non-hydrogen) atoms. The van der Waals surface area contributed by atoms with E-state index >= 15 is 0 Å². The third-order valence-corrected chi connectivity index (χ3v) is 4.96. The van der Waals surface area contributed by atoms with Gasteiger partial charge in [-0.15, -0.1) is 11.3 Å². The molecule has 134 valence electrons. The van der Waals surface area contributed by atoms with E-state index in [1.54, 1.807) is 0 Å². The number of aromatic nitrogens is 3. The van der Waals surface area contributed by atoms with Gasteiger partial charge in [-0.2, -0.15) is 9.67 Å². The van der Waals surface area contributed by atoms with Crippen LogP contribution in [0, 0.1) is 0 Å². The molecule has 0 bridgehead atoms. The van der Waals surface area contributed by atoms with Gasteiger partial charge >= 0.3 is 0 Å². The fraction of sp³-hybridized carbons (Fsp3) is 0.0952. The summed E-state index contributed by atoms with van der Waals surface area (Å²) in [6, 6.07) is 19.3. The first kappa shape index (κ1) is 17.2. The first-order chi connectivity index (χ1) is 13.3. The molecule has 0 fully saturated rings. The molecule has 4 aromatic rings. The standard InChI is InChI=1S/C21H18N3O2S/c25-20(21-9-5-11-27-21)14-24-10-4-6-16(13-24)19-12-17(22-23-19)15-26-18-7-2-1-3-8-18/h1-13H,14-15H2,(H,22,23)/q+1. The lowest BCUT2D eigenvalue weighted by atomic mass is 10.2. The number of thiophene rings is 1. The number of carbonyl (C=O) groups excluding carboxylic acids is 1. The van der Waals surface area contributed by atoms with Crippen molar-refractivity contribution in [2.24, 2.45) is 0 Å². The van der Waals surface area contributed by atoms with Crippen molar-refractivity contribution < 1.29 is 14.1 Å². The Hall–Kier alpha value is -3.25. The van der Waals surface area contributed by atoms with Crippen LogP contribution in [0.1, 0.15) is 15.4 Å². The highest BCUT2D eigenvalue weighted by Gasteiger charge is 2.15. The molecule has 0 aliphatic rings. The lowest BCUT2D eigenvalue weighted by Crippen LogP contribution is -2.37. The molecule has 0 saturated heterocycles. The Morgan fingerprint density at radius 2 is 2.00 bits per heavy atom. The zero-order valence-electron chi connectivity index (χ0n) is 14.5. The number of Topliss-reactive ketones (excluding diaryl/α,β-unsaturated/α-hetero) is 1. The number of aromatic amines is 1. The molecule has 5 nitrogen and oxygen atoms in total.